The van der Waals surface area contributed by atoms with E-state index >= 15 is 0 Å². The van der Waals surface area contributed by atoms with Crippen LogP contribution in [-0.4, -0.2) is 24.2 Å². The summed E-state index contributed by atoms with van der Waals surface area (Å²) in [6.07, 6.45) is 5.00. The first kappa shape index (κ1) is 14.0. The lowest BCUT2D eigenvalue weighted by Crippen LogP contribution is -2.23. The van der Waals surface area contributed by atoms with Crippen molar-refractivity contribution in [2.45, 2.75) is 52.2 Å². The summed E-state index contributed by atoms with van der Waals surface area (Å²) in [4.78, 5) is 4.25. The second-order valence-corrected chi connectivity index (χ2v) is 4.95. The van der Waals surface area contributed by atoms with Crippen LogP contribution in [0.25, 0.3) is 0 Å². The Balaban J connectivity index is 2.70. The van der Waals surface area contributed by atoms with Gasteiger partial charge < -0.3 is 10.1 Å². The van der Waals surface area contributed by atoms with Crippen LogP contribution in [0.2, 0.25) is 0 Å². The van der Waals surface area contributed by atoms with Gasteiger partial charge in [0.05, 0.1) is 12.3 Å². The molecule has 0 spiro atoms. The zero-order valence-corrected chi connectivity index (χ0v) is 11.5. The van der Waals surface area contributed by atoms with Crippen LogP contribution in [0.1, 0.15) is 45.6 Å². The summed E-state index contributed by atoms with van der Waals surface area (Å²) in [5.41, 5.74) is 1.24. The highest BCUT2D eigenvalue weighted by atomic mass is 16.5. The van der Waals surface area contributed by atoms with Gasteiger partial charge in [-0.25, -0.2) is 0 Å². The molecule has 0 aromatic carbocycles. The first-order valence-electron chi connectivity index (χ1n) is 6.31. The lowest BCUT2D eigenvalue weighted by molar-refractivity contribution is 0.241. The Morgan fingerprint density at radius 2 is 1.94 bits per heavy atom. The average Bonchev–Trinajstić information content (AvgIpc) is 2.28. The molecule has 3 heteroatoms. The summed E-state index contributed by atoms with van der Waals surface area (Å²) in [7, 11) is 1.99. The van der Waals surface area contributed by atoms with Crippen molar-refractivity contribution in [1.82, 2.24) is 10.3 Å². The van der Waals surface area contributed by atoms with E-state index in [1.807, 2.05) is 27.1 Å². The molecule has 17 heavy (non-hydrogen) atoms. The molecule has 0 saturated heterocycles. The van der Waals surface area contributed by atoms with Gasteiger partial charge in [-0.3, -0.25) is 4.98 Å². The largest absolute Gasteiger partial charge is 0.489 e. The first-order valence-corrected chi connectivity index (χ1v) is 6.31. The number of hydrogen-bond acceptors (Lipinski definition) is 3. The van der Waals surface area contributed by atoms with Gasteiger partial charge in [0.25, 0.3) is 0 Å². The second-order valence-electron chi connectivity index (χ2n) is 4.95. The van der Waals surface area contributed by atoms with Gasteiger partial charge in [-0.1, -0.05) is 6.92 Å². The standard InChI is InChI=1S/C14H24N2O/c1-10(2)17-14-7-13(8-16-9-14)11(3)6-12(4)15-5/h7-12,15H,6H2,1-5H3. The Bertz CT molecular complexity index is 339. The van der Waals surface area contributed by atoms with E-state index in [1.54, 1.807) is 6.20 Å². The highest BCUT2D eigenvalue weighted by Crippen LogP contribution is 2.23. The number of rotatable bonds is 6. The van der Waals surface area contributed by atoms with E-state index in [-0.39, 0.29) is 6.10 Å². The van der Waals surface area contributed by atoms with Gasteiger partial charge in [-0.15, -0.1) is 0 Å². The highest BCUT2D eigenvalue weighted by molar-refractivity contribution is 5.26. The number of ether oxygens (including phenoxy) is 1. The van der Waals surface area contributed by atoms with E-state index in [9.17, 15) is 0 Å². The van der Waals surface area contributed by atoms with Crippen molar-refractivity contribution in [2.75, 3.05) is 7.05 Å². The van der Waals surface area contributed by atoms with E-state index in [2.05, 4.69) is 30.2 Å². The number of hydrogen-bond donors (Lipinski definition) is 1. The van der Waals surface area contributed by atoms with Gasteiger partial charge >= 0.3 is 0 Å². The molecule has 1 heterocycles. The first-order chi connectivity index (χ1) is 8.02. The van der Waals surface area contributed by atoms with Crippen molar-refractivity contribution in [1.29, 1.82) is 0 Å². The molecule has 2 unspecified atom stereocenters. The second kappa shape index (κ2) is 6.60. The smallest absolute Gasteiger partial charge is 0.138 e. The number of nitrogens with one attached hydrogen (secondary N) is 1. The Hall–Kier alpha value is -1.09. The molecule has 0 fully saturated rings. The molecule has 0 aliphatic heterocycles. The van der Waals surface area contributed by atoms with Crippen LogP contribution in [0.4, 0.5) is 0 Å². The van der Waals surface area contributed by atoms with Crippen molar-refractivity contribution >= 4 is 0 Å². The fraction of sp³-hybridized carbons (Fsp3) is 0.643. The lowest BCUT2D eigenvalue weighted by atomic mass is 9.96. The highest BCUT2D eigenvalue weighted by Gasteiger charge is 2.11. The summed E-state index contributed by atoms with van der Waals surface area (Å²) < 4.78 is 5.66. The van der Waals surface area contributed by atoms with Gasteiger partial charge in [0.15, 0.2) is 0 Å². The summed E-state index contributed by atoms with van der Waals surface area (Å²) in [6.45, 7) is 8.47. The molecule has 3 nitrogen and oxygen atoms in total. The van der Waals surface area contributed by atoms with Crippen LogP contribution in [0.3, 0.4) is 0 Å². The minimum atomic E-state index is 0.193. The Morgan fingerprint density at radius 1 is 1.24 bits per heavy atom. The predicted molar refractivity (Wildman–Crippen MR) is 71.6 cm³/mol. The number of aromatic nitrogens is 1. The Morgan fingerprint density at radius 3 is 2.53 bits per heavy atom. The number of nitrogens with zero attached hydrogens (tertiary/aromatic N) is 1. The van der Waals surface area contributed by atoms with Crippen molar-refractivity contribution < 1.29 is 4.74 Å². The molecule has 0 bridgehead atoms. The minimum absolute atomic E-state index is 0.193. The zero-order valence-electron chi connectivity index (χ0n) is 11.5. The minimum Gasteiger partial charge on any atom is -0.489 e. The topological polar surface area (TPSA) is 34.2 Å². The molecule has 2 atom stereocenters. The van der Waals surface area contributed by atoms with E-state index in [4.69, 9.17) is 4.74 Å². The molecule has 1 aromatic heterocycles. The van der Waals surface area contributed by atoms with Crippen LogP contribution in [0.5, 0.6) is 5.75 Å². The van der Waals surface area contributed by atoms with Gasteiger partial charge in [-0.05, 0) is 51.8 Å². The molecule has 0 radical (unpaired) electrons. The van der Waals surface area contributed by atoms with E-state index in [0.717, 1.165) is 12.2 Å². The van der Waals surface area contributed by atoms with Gasteiger partial charge in [-0.2, -0.15) is 0 Å². The van der Waals surface area contributed by atoms with Gasteiger partial charge in [0, 0.05) is 12.2 Å². The maximum absolute atomic E-state index is 5.66. The molecule has 1 N–H and O–H groups in total. The fourth-order valence-corrected chi connectivity index (χ4v) is 1.83. The van der Waals surface area contributed by atoms with Crippen LogP contribution in [0.15, 0.2) is 18.5 Å². The van der Waals surface area contributed by atoms with Gasteiger partial charge in [0.1, 0.15) is 5.75 Å². The number of pyridine rings is 1. The predicted octanol–water partition coefficient (Wildman–Crippen LogP) is 2.97. The average molecular weight is 236 g/mol. The van der Waals surface area contributed by atoms with Crippen LogP contribution in [-0.2, 0) is 0 Å². The normalized spacial score (nSPS) is 14.7. The fourth-order valence-electron chi connectivity index (χ4n) is 1.83. The molecular formula is C14H24N2O. The van der Waals surface area contributed by atoms with Crippen molar-refractivity contribution in [2.24, 2.45) is 0 Å². The van der Waals surface area contributed by atoms with Crippen molar-refractivity contribution in [3.63, 3.8) is 0 Å². The molecular weight excluding hydrogens is 212 g/mol. The Labute approximate surface area is 105 Å². The van der Waals surface area contributed by atoms with E-state index < -0.39 is 0 Å². The summed E-state index contributed by atoms with van der Waals surface area (Å²) >= 11 is 0. The maximum Gasteiger partial charge on any atom is 0.138 e. The Kier molecular flexibility index (Phi) is 5.42. The van der Waals surface area contributed by atoms with Crippen LogP contribution >= 0.6 is 0 Å². The summed E-state index contributed by atoms with van der Waals surface area (Å²) in [5, 5.41) is 3.26. The lowest BCUT2D eigenvalue weighted by Gasteiger charge is -2.18. The van der Waals surface area contributed by atoms with Crippen molar-refractivity contribution in [3.8, 4) is 5.75 Å². The zero-order chi connectivity index (χ0) is 12.8. The van der Waals surface area contributed by atoms with Gasteiger partial charge in [0.2, 0.25) is 0 Å². The SMILES string of the molecule is CNC(C)CC(C)c1cncc(OC(C)C)c1. The molecule has 96 valence electrons. The third kappa shape index (κ3) is 4.73. The van der Waals surface area contributed by atoms with Crippen LogP contribution in [0, 0.1) is 0 Å². The molecule has 1 rings (SSSR count). The molecule has 0 aliphatic carbocycles. The van der Waals surface area contributed by atoms with Crippen LogP contribution < -0.4 is 10.1 Å². The molecule has 0 aliphatic rings. The monoisotopic (exact) mass is 236 g/mol. The van der Waals surface area contributed by atoms with Crippen molar-refractivity contribution in [3.05, 3.63) is 24.0 Å². The third-order valence-corrected chi connectivity index (χ3v) is 2.88. The third-order valence-electron chi connectivity index (χ3n) is 2.88. The van der Waals surface area contributed by atoms with E-state index in [0.29, 0.717) is 12.0 Å². The molecule has 0 saturated carbocycles. The summed E-state index contributed by atoms with van der Waals surface area (Å²) in [6, 6.07) is 2.61. The quantitative estimate of drug-likeness (QED) is 0.824. The van der Waals surface area contributed by atoms with E-state index in [1.165, 1.54) is 5.56 Å². The maximum atomic E-state index is 5.66. The molecule has 0 amide bonds. The summed E-state index contributed by atoms with van der Waals surface area (Å²) in [5.74, 6) is 1.35. The molecule has 1 aromatic rings.